The second-order valence-electron chi connectivity index (χ2n) is 11.8. The second-order valence-corrected chi connectivity index (χ2v) is 13.6. The topological polar surface area (TPSA) is 194 Å². The molecular weight excluding hydrogens is 662 g/mol. The number of aromatic amines is 1. The lowest BCUT2D eigenvalue weighted by Crippen LogP contribution is -2.59. The molecule has 2 atom stereocenters. The van der Waals surface area contributed by atoms with Gasteiger partial charge < -0.3 is 10.7 Å². The third-order valence-corrected chi connectivity index (χ3v) is 10.1. The van der Waals surface area contributed by atoms with Gasteiger partial charge >= 0.3 is 0 Å². The van der Waals surface area contributed by atoms with E-state index in [-0.39, 0.29) is 34.5 Å². The fourth-order valence-electron chi connectivity index (χ4n) is 5.89. The summed E-state index contributed by atoms with van der Waals surface area (Å²) in [4.78, 5) is 69.0. The zero-order chi connectivity index (χ0) is 36.2. The van der Waals surface area contributed by atoms with E-state index >= 15 is 0 Å². The zero-order valence-corrected chi connectivity index (χ0v) is 27.9. The highest BCUT2D eigenvalue weighted by Gasteiger charge is 2.45. The molecule has 1 aromatic heterocycles. The first-order chi connectivity index (χ1) is 23.8. The van der Waals surface area contributed by atoms with Crippen molar-refractivity contribution in [3.8, 4) is 0 Å². The maximum Gasteiger partial charge on any atom is 0.269 e. The Kier molecular flexibility index (Phi) is 10.2. The average Bonchev–Trinajstić information content (AvgIpc) is 3.50. The minimum atomic E-state index is -4.87. The van der Waals surface area contributed by atoms with Crippen LogP contribution in [0.1, 0.15) is 32.6 Å². The van der Waals surface area contributed by atoms with Crippen molar-refractivity contribution in [1.29, 1.82) is 0 Å². The number of primary amides is 1. The highest BCUT2D eigenvalue weighted by Crippen LogP contribution is 2.28. The number of nitrogens with two attached hydrogens (primary N) is 1. The summed E-state index contributed by atoms with van der Waals surface area (Å²) in [5.41, 5.74) is 8.50. The first-order valence-corrected chi connectivity index (χ1v) is 16.8. The number of aromatic nitrogens is 1. The van der Waals surface area contributed by atoms with Crippen LogP contribution in [-0.2, 0) is 37.2 Å². The molecule has 0 spiro atoms. The first kappa shape index (κ1) is 35.2. The lowest BCUT2D eigenvalue weighted by Gasteiger charge is -2.35. The first-order valence-electron chi connectivity index (χ1n) is 15.4. The van der Waals surface area contributed by atoms with Crippen molar-refractivity contribution in [3.63, 3.8) is 0 Å². The van der Waals surface area contributed by atoms with Crippen molar-refractivity contribution in [2.75, 3.05) is 0 Å². The summed E-state index contributed by atoms with van der Waals surface area (Å²) in [6, 6.07) is 20.2. The van der Waals surface area contributed by atoms with Gasteiger partial charge in [-0.2, -0.15) is 0 Å². The lowest BCUT2D eigenvalue weighted by molar-refractivity contribution is -0.384. The molecule has 0 saturated carbocycles. The number of hydrogen-bond acceptors (Lipinski definition) is 8. The van der Waals surface area contributed by atoms with Crippen LogP contribution in [0, 0.1) is 24.0 Å². The molecule has 4 amide bonds. The van der Waals surface area contributed by atoms with Crippen LogP contribution in [0.4, 0.5) is 5.69 Å². The SMILES string of the molecule is Cc1cc(C)cc(C(=O)N(C=O)[C@@H](Cc2ccc([N+](=O)[O-])cc2)C(=O)N([C@@H](Cc2c[nH]c3ccccc23)C(N)=O)S(=O)(=O)c2ccccc2)c1. The monoisotopic (exact) mass is 695 g/mol. The fraction of sp³-hybridized carbons (Fsp3) is 0.167. The normalized spacial score (nSPS) is 12.5. The van der Waals surface area contributed by atoms with E-state index in [0.29, 0.717) is 36.8 Å². The fourth-order valence-corrected chi connectivity index (χ4v) is 7.49. The van der Waals surface area contributed by atoms with Gasteiger partial charge in [0, 0.05) is 47.6 Å². The van der Waals surface area contributed by atoms with Crippen molar-refractivity contribution < 1.29 is 32.5 Å². The summed E-state index contributed by atoms with van der Waals surface area (Å²) >= 11 is 0. The number of H-pyrrole nitrogens is 1. The van der Waals surface area contributed by atoms with Crippen LogP contribution in [0.3, 0.4) is 0 Å². The van der Waals surface area contributed by atoms with E-state index in [4.69, 9.17) is 5.73 Å². The molecule has 50 heavy (non-hydrogen) atoms. The number of non-ortho nitro benzene ring substituents is 1. The quantitative estimate of drug-likeness (QED) is 0.104. The highest BCUT2D eigenvalue weighted by molar-refractivity contribution is 7.89. The van der Waals surface area contributed by atoms with E-state index in [1.807, 2.05) is 0 Å². The number of sulfonamides is 1. The number of hydrogen-bond donors (Lipinski definition) is 2. The third-order valence-electron chi connectivity index (χ3n) is 8.23. The van der Waals surface area contributed by atoms with Crippen LogP contribution >= 0.6 is 0 Å². The maximum absolute atomic E-state index is 14.9. The van der Waals surface area contributed by atoms with Crippen molar-refractivity contribution in [3.05, 3.63) is 141 Å². The number of nitro benzene ring substituents is 1. The van der Waals surface area contributed by atoms with E-state index in [9.17, 15) is 37.7 Å². The summed E-state index contributed by atoms with van der Waals surface area (Å²) in [6.45, 7) is 3.48. The van der Waals surface area contributed by atoms with Crippen molar-refractivity contribution >= 4 is 50.7 Å². The van der Waals surface area contributed by atoms with Gasteiger partial charge in [0.1, 0.15) is 12.1 Å². The Labute approximate surface area is 287 Å². The molecular formula is C36H33N5O8S. The number of rotatable bonds is 13. The van der Waals surface area contributed by atoms with E-state index in [0.717, 1.165) is 0 Å². The van der Waals surface area contributed by atoms with Crippen LogP contribution in [0.15, 0.2) is 108 Å². The molecule has 0 aliphatic carbocycles. The molecule has 14 heteroatoms. The molecule has 0 aliphatic heterocycles. The molecule has 5 aromatic rings. The van der Waals surface area contributed by atoms with Gasteiger partial charge in [-0.15, -0.1) is 0 Å². The van der Waals surface area contributed by atoms with E-state index < -0.39 is 51.2 Å². The van der Waals surface area contributed by atoms with Gasteiger partial charge in [0.05, 0.1) is 9.82 Å². The Morgan fingerprint density at radius 2 is 1.50 bits per heavy atom. The molecule has 0 saturated heterocycles. The molecule has 5 rings (SSSR count). The van der Waals surface area contributed by atoms with Gasteiger partial charge in [-0.3, -0.25) is 34.2 Å². The number of aryl methyl sites for hydroxylation is 2. The molecule has 0 fully saturated rings. The number of nitro groups is 1. The Morgan fingerprint density at radius 3 is 2.10 bits per heavy atom. The highest BCUT2D eigenvalue weighted by atomic mass is 32.2. The van der Waals surface area contributed by atoms with Crippen molar-refractivity contribution in [2.24, 2.45) is 5.73 Å². The van der Waals surface area contributed by atoms with Gasteiger partial charge in [0.25, 0.3) is 27.5 Å². The molecule has 3 N–H and O–H groups in total. The number of amides is 4. The molecule has 256 valence electrons. The molecule has 0 radical (unpaired) electrons. The zero-order valence-electron chi connectivity index (χ0n) is 27.1. The summed E-state index contributed by atoms with van der Waals surface area (Å²) in [5.74, 6) is -3.35. The largest absolute Gasteiger partial charge is 0.368 e. The number of fused-ring (bicyclic) bond motifs is 1. The van der Waals surface area contributed by atoms with Crippen molar-refractivity contribution in [1.82, 2.24) is 14.2 Å². The van der Waals surface area contributed by atoms with Crippen LogP contribution in [0.2, 0.25) is 0 Å². The maximum atomic E-state index is 14.9. The van der Waals surface area contributed by atoms with Crippen LogP contribution in [-0.4, -0.2) is 63.7 Å². The number of nitrogens with one attached hydrogen (secondary N) is 1. The van der Waals surface area contributed by atoms with Gasteiger partial charge in [-0.1, -0.05) is 65.7 Å². The number of carbonyl (C=O) groups excluding carboxylic acids is 4. The number of para-hydroxylation sites is 1. The average molecular weight is 696 g/mol. The number of nitrogens with zero attached hydrogens (tertiary/aromatic N) is 3. The molecule has 0 bridgehead atoms. The lowest BCUT2D eigenvalue weighted by atomic mass is 10.00. The Bertz CT molecular complexity index is 2180. The minimum absolute atomic E-state index is 0.0545. The summed E-state index contributed by atoms with van der Waals surface area (Å²) < 4.78 is 29.3. The number of carbonyl (C=O) groups is 4. The van der Waals surface area contributed by atoms with E-state index in [2.05, 4.69) is 4.98 Å². The predicted molar refractivity (Wildman–Crippen MR) is 184 cm³/mol. The molecule has 1 heterocycles. The van der Waals surface area contributed by atoms with E-state index in [1.54, 1.807) is 56.4 Å². The Hall–Kier alpha value is -6.15. The number of imide groups is 1. The Balaban J connectivity index is 1.69. The molecule has 4 aromatic carbocycles. The van der Waals surface area contributed by atoms with Gasteiger partial charge in [0.2, 0.25) is 12.3 Å². The minimum Gasteiger partial charge on any atom is -0.368 e. The standard InChI is InChI=1S/C36H33N5O8S/c1-23-16-24(2)18-26(17-23)35(44)39(22-42)33(19-25-12-14-28(15-13-25)41(46)47)36(45)40(50(48,49)29-8-4-3-5-9-29)32(34(37)43)20-27-21-38-31-11-7-6-10-30(27)31/h3-18,21-22,32-33,38H,19-20H2,1-2H3,(H2,37,43)/t32-,33-/m0/s1. The van der Waals surface area contributed by atoms with E-state index in [1.165, 1.54) is 60.7 Å². The molecule has 13 nitrogen and oxygen atoms in total. The van der Waals surface area contributed by atoms with Crippen molar-refractivity contribution in [2.45, 2.75) is 43.7 Å². The van der Waals surface area contributed by atoms with Gasteiger partial charge in [-0.05, 0) is 55.3 Å². The summed E-state index contributed by atoms with van der Waals surface area (Å²) in [6.07, 6.45) is 0.910. The van der Waals surface area contributed by atoms with Gasteiger partial charge in [0.15, 0.2) is 0 Å². The van der Waals surface area contributed by atoms with Crippen LogP contribution in [0.25, 0.3) is 10.9 Å². The molecule has 0 unspecified atom stereocenters. The smallest absolute Gasteiger partial charge is 0.269 e. The Morgan fingerprint density at radius 1 is 0.880 bits per heavy atom. The summed E-state index contributed by atoms with van der Waals surface area (Å²) in [7, 11) is -4.87. The van der Waals surface area contributed by atoms with Crippen LogP contribution < -0.4 is 5.73 Å². The number of benzene rings is 4. The van der Waals surface area contributed by atoms with Gasteiger partial charge in [-0.25, -0.2) is 12.7 Å². The molecule has 0 aliphatic rings. The summed E-state index contributed by atoms with van der Waals surface area (Å²) in [5, 5.41) is 12.0. The third kappa shape index (κ3) is 7.29. The second kappa shape index (κ2) is 14.5. The van der Waals surface area contributed by atoms with Crippen LogP contribution in [0.5, 0.6) is 0 Å². The predicted octanol–water partition coefficient (Wildman–Crippen LogP) is 4.22.